The average Bonchev–Trinajstić information content (AvgIpc) is 2.08. The molecule has 1 aliphatic rings. The Labute approximate surface area is 83.7 Å². The van der Waals surface area contributed by atoms with Crippen LogP contribution in [0, 0.1) is 0 Å². The van der Waals surface area contributed by atoms with Gasteiger partial charge in [-0.3, -0.25) is 9.59 Å². The van der Waals surface area contributed by atoms with Crippen molar-refractivity contribution in [3.8, 4) is 0 Å². The van der Waals surface area contributed by atoms with Gasteiger partial charge in [-0.05, 0) is 0 Å². The molecule has 0 radical (unpaired) electrons. The van der Waals surface area contributed by atoms with E-state index in [1.54, 1.807) is 0 Å². The first kappa shape index (κ1) is 9.45. The lowest BCUT2D eigenvalue weighted by atomic mass is 10.1. The summed E-state index contributed by atoms with van der Waals surface area (Å²) in [6.07, 6.45) is -0.965. The third-order valence-corrected chi connectivity index (χ3v) is 1.76. The van der Waals surface area contributed by atoms with Crippen molar-refractivity contribution in [2.24, 2.45) is 0 Å². The molecule has 80 valence electrons. The first-order valence-corrected chi connectivity index (χ1v) is 4.37. The minimum absolute atomic E-state index is 0.0890. The molecule has 1 saturated heterocycles. The highest BCUT2D eigenvalue weighted by molar-refractivity contribution is 5.67. The van der Waals surface area contributed by atoms with Crippen molar-refractivity contribution in [2.45, 2.75) is 32.5 Å². The van der Waals surface area contributed by atoms with Gasteiger partial charge >= 0.3 is 11.9 Å². The van der Waals surface area contributed by atoms with E-state index in [0.29, 0.717) is 0 Å². The van der Waals surface area contributed by atoms with Crippen LogP contribution in [0.3, 0.4) is 0 Å². The Bertz CT molecular complexity index is 255. The molecule has 1 rings (SSSR count). The molecule has 1 fully saturated rings. The number of ether oxygens (including phenoxy) is 3. The summed E-state index contributed by atoms with van der Waals surface area (Å²) in [5.74, 6) is -0.907. The molecular weight excluding hydrogens is 188 g/mol. The molecule has 0 aliphatic carbocycles. The van der Waals surface area contributed by atoms with Gasteiger partial charge in [0.25, 0.3) is 0 Å². The van der Waals surface area contributed by atoms with Crippen molar-refractivity contribution < 1.29 is 25.2 Å². The largest absolute Gasteiger partial charge is 0.458 e. The molecule has 0 spiro atoms. The van der Waals surface area contributed by atoms with E-state index in [9.17, 15) is 9.59 Å². The van der Waals surface area contributed by atoms with Crippen LogP contribution in [0.15, 0.2) is 0 Å². The summed E-state index contributed by atoms with van der Waals surface area (Å²) >= 11 is 0. The van der Waals surface area contributed by atoms with Crippen LogP contribution in [0.2, 0.25) is 0 Å². The van der Waals surface area contributed by atoms with Crippen LogP contribution in [0.4, 0.5) is 0 Å². The zero-order chi connectivity index (χ0) is 11.4. The molecule has 5 heteroatoms. The smallest absolute Gasteiger partial charge is 0.303 e. The van der Waals surface area contributed by atoms with Crippen LogP contribution in [0.5, 0.6) is 0 Å². The molecule has 0 saturated carbocycles. The molecule has 3 atom stereocenters. The van der Waals surface area contributed by atoms with Crippen molar-refractivity contribution in [1.29, 1.82) is 0 Å². The molecule has 14 heavy (non-hydrogen) atoms. The Hall–Kier alpha value is -1.10. The monoisotopic (exact) mass is 203 g/mol. The maximum atomic E-state index is 10.8. The fourth-order valence-corrected chi connectivity index (χ4v) is 1.25. The summed E-state index contributed by atoms with van der Waals surface area (Å²) in [7, 11) is 0. The van der Waals surface area contributed by atoms with Crippen LogP contribution in [-0.4, -0.2) is 37.3 Å². The molecule has 1 heterocycles. The Morgan fingerprint density at radius 3 is 2.43 bits per heavy atom. The molecule has 1 aliphatic heterocycles. The molecule has 0 amide bonds. The van der Waals surface area contributed by atoms with Crippen molar-refractivity contribution in [1.82, 2.24) is 0 Å². The molecule has 0 aromatic heterocycles. The Balaban J connectivity index is 2.57. The van der Waals surface area contributed by atoms with Gasteiger partial charge in [0.15, 0.2) is 6.10 Å². The van der Waals surface area contributed by atoms with Crippen molar-refractivity contribution in [3.05, 3.63) is 0 Å². The number of carbonyl (C=O) groups is 2. The first-order valence-electron chi connectivity index (χ1n) is 4.95. The maximum absolute atomic E-state index is 10.8. The maximum Gasteiger partial charge on any atom is 0.303 e. The SMILES string of the molecule is [2H]C1C[C@H](OC(C)=O)[C@H](OC(C)=O)CO1. The molecule has 0 aromatic carbocycles. The number of rotatable bonds is 2. The third kappa shape index (κ3) is 3.33. The normalized spacial score (nSPS) is 33.0. The van der Waals surface area contributed by atoms with Crippen LogP contribution >= 0.6 is 0 Å². The molecule has 0 N–H and O–H groups in total. The average molecular weight is 203 g/mol. The topological polar surface area (TPSA) is 61.8 Å². The van der Waals surface area contributed by atoms with Gasteiger partial charge in [-0.1, -0.05) is 0 Å². The van der Waals surface area contributed by atoms with E-state index >= 15 is 0 Å². The van der Waals surface area contributed by atoms with Crippen LogP contribution in [0.25, 0.3) is 0 Å². The Morgan fingerprint density at radius 1 is 1.29 bits per heavy atom. The second kappa shape index (κ2) is 4.95. The second-order valence-electron chi connectivity index (χ2n) is 3.03. The summed E-state index contributed by atoms with van der Waals surface area (Å²) in [5.41, 5.74) is 0. The highest BCUT2D eigenvalue weighted by Gasteiger charge is 2.30. The number of carbonyl (C=O) groups excluding carboxylic acids is 2. The zero-order valence-electron chi connectivity index (χ0n) is 9.19. The van der Waals surface area contributed by atoms with Crippen molar-refractivity contribution in [3.63, 3.8) is 0 Å². The van der Waals surface area contributed by atoms with Gasteiger partial charge in [0.1, 0.15) is 6.10 Å². The zero-order valence-corrected chi connectivity index (χ0v) is 8.19. The Kier molecular flexibility index (Phi) is 3.34. The van der Waals surface area contributed by atoms with E-state index < -0.39 is 30.7 Å². The summed E-state index contributed by atoms with van der Waals surface area (Å²) in [5, 5.41) is 0. The van der Waals surface area contributed by atoms with E-state index in [0.717, 1.165) is 0 Å². The quantitative estimate of drug-likeness (QED) is 0.603. The highest BCUT2D eigenvalue weighted by atomic mass is 16.6. The summed E-state index contributed by atoms with van der Waals surface area (Å²) < 4.78 is 22.3. The Morgan fingerprint density at radius 2 is 1.86 bits per heavy atom. The van der Waals surface area contributed by atoms with Crippen molar-refractivity contribution >= 4 is 11.9 Å². The molecule has 5 nitrogen and oxygen atoms in total. The second-order valence-corrected chi connectivity index (χ2v) is 3.03. The third-order valence-electron chi connectivity index (χ3n) is 1.76. The minimum atomic E-state index is -0.735. The summed E-state index contributed by atoms with van der Waals surface area (Å²) in [6.45, 7) is 1.91. The summed E-state index contributed by atoms with van der Waals surface area (Å²) in [4.78, 5) is 21.5. The number of esters is 2. The standard InChI is InChI=1S/C9H14O5/c1-6(10)13-8-3-4-12-5-9(8)14-7(2)11/h8-9H,3-5H2,1-2H3/t8-,9+/m0/s1/i4D/t4?,8-,9+. The fraction of sp³-hybridized carbons (Fsp3) is 0.778. The molecule has 0 bridgehead atoms. The number of hydrogen-bond acceptors (Lipinski definition) is 5. The van der Waals surface area contributed by atoms with E-state index in [1.165, 1.54) is 13.8 Å². The lowest BCUT2D eigenvalue weighted by Gasteiger charge is -2.29. The lowest BCUT2D eigenvalue weighted by Crippen LogP contribution is -2.42. The van der Waals surface area contributed by atoms with Gasteiger partial charge in [0, 0.05) is 20.3 Å². The van der Waals surface area contributed by atoms with E-state index in [-0.39, 0.29) is 13.0 Å². The predicted molar refractivity (Wildman–Crippen MR) is 46.5 cm³/mol. The first-order chi connectivity index (χ1) is 6.99. The highest BCUT2D eigenvalue weighted by Crippen LogP contribution is 2.15. The van der Waals surface area contributed by atoms with Gasteiger partial charge in [-0.25, -0.2) is 0 Å². The lowest BCUT2D eigenvalue weighted by molar-refractivity contribution is -0.179. The van der Waals surface area contributed by atoms with Crippen LogP contribution < -0.4 is 0 Å². The van der Waals surface area contributed by atoms with E-state index in [1.807, 2.05) is 0 Å². The molecule has 0 aromatic rings. The predicted octanol–water partition coefficient (Wildman–Crippen LogP) is 0.270. The van der Waals surface area contributed by atoms with E-state index in [2.05, 4.69) is 0 Å². The van der Waals surface area contributed by atoms with Gasteiger partial charge in [0.2, 0.25) is 0 Å². The molecule has 1 unspecified atom stereocenters. The van der Waals surface area contributed by atoms with Gasteiger partial charge < -0.3 is 14.2 Å². The fourth-order valence-electron chi connectivity index (χ4n) is 1.25. The van der Waals surface area contributed by atoms with Gasteiger partial charge in [-0.2, -0.15) is 0 Å². The van der Waals surface area contributed by atoms with Crippen LogP contribution in [0.1, 0.15) is 21.6 Å². The van der Waals surface area contributed by atoms with Gasteiger partial charge in [-0.15, -0.1) is 0 Å². The summed E-state index contributed by atoms with van der Waals surface area (Å²) in [6, 6.07) is 0. The van der Waals surface area contributed by atoms with Crippen molar-refractivity contribution in [2.75, 3.05) is 13.2 Å². The van der Waals surface area contributed by atoms with Crippen LogP contribution in [-0.2, 0) is 23.8 Å². The molecular formula is C9H14O5. The van der Waals surface area contributed by atoms with Gasteiger partial charge in [0.05, 0.1) is 14.6 Å². The number of hydrogen-bond donors (Lipinski definition) is 0. The van der Waals surface area contributed by atoms with E-state index in [4.69, 9.17) is 15.6 Å². The minimum Gasteiger partial charge on any atom is -0.458 e.